The van der Waals surface area contributed by atoms with Gasteiger partial charge in [0.1, 0.15) is 22.8 Å². The van der Waals surface area contributed by atoms with Crippen LogP contribution < -0.4 is 10.6 Å². The second-order valence-electron chi connectivity index (χ2n) is 10.3. The van der Waals surface area contributed by atoms with Crippen LogP contribution >= 0.6 is 0 Å². The molecule has 4 aromatic heterocycles. The molecule has 0 bridgehead atoms. The van der Waals surface area contributed by atoms with Crippen LogP contribution in [0, 0.1) is 0 Å². The number of carboxylic acid groups (broad SMARTS) is 2. The van der Waals surface area contributed by atoms with Crippen LogP contribution in [-0.4, -0.2) is 42.1 Å². The lowest BCUT2D eigenvalue weighted by Gasteiger charge is -2.11. The number of anilines is 4. The van der Waals surface area contributed by atoms with Crippen molar-refractivity contribution in [1.29, 1.82) is 0 Å². The highest BCUT2D eigenvalue weighted by Gasteiger charge is 2.31. The summed E-state index contributed by atoms with van der Waals surface area (Å²) in [6, 6.07) is 22.3. The number of carbonyl (C=O) groups is 2. The number of hydrogen-bond donors (Lipinski definition) is 4. The quantitative estimate of drug-likeness (QED) is 0.118. The molecular formula is C36H26F6N6O4. The van der Waals surface area contributed by atoms with E-state index in [2.05, 4.69) is 30.6 Å². The van der Waals surface area contributed by atoms with E-state index in [1.165, 1.54) is 72.1 Å². The van der Waals surface area contributed by atoms with E-state index >= 15 is 0 Å². The van der Waals surface area contributed by atoms with Gasteiger partial charge in [0, 0.05) is 48.6 Å². The first kappa shape index (κ1) is 38.0. The summed E-state index contributed by atoms with van der Waals surface area (Å²) in [5, 5.41) is 23.1. The van der Waals surface area contributed by atoms with Crippen molar-refractivity contribution in [3.8, 4) is 11.1 Å². The molecule has 0 aliphatic rings. The summed E-state index contributed by atoms with van der Waals surface area (Å²) in [4.78, 5) is 37.5. The minimum Gasteiger partial charge on any atom is -0.478 e. The predicted octanol–water partition coefficient (Wildman–Crippen LogP) is 9.23. The van der Waals surface area contributed by atoms with Gasteiger partial charge in [-0.15, -0.1) is 0 Å². The third-order valence-electron chi connectivity index (χ3n) is 6.68. The Bertz CT molecular complexity index is 1950. The van der Waals surface area contributed by atoms with E-state index in [-0.39, 0.29) is 34.1 Å². The summed E-state index contributed by atoms with van der Waals surface area (Å²) in [5.74, 6) is -2.46. The van der Waals surface area contributed by atoms with Gasteiger partial charge in [0.15, 0.2) is 0 Å². The Morgan fingerprint density at radius 2 is 0.865 bits per heavy atom. The fourth-order valence-electron chi connectivity index (χ4n) is 4.26. The molecule has 0 saturated carbocycles. The van der Waals surface area contributed by atoms with Crippen molar-refractivity contribution < 1.29 is 46.1 Å². The molecule has 0 aliphatic carbocycles. The lowest BCUT2D eigenvalue weighted by molar-refractivity contribution is -0.138. The Kier molecular flexibility index (Phi) is 12.6. The molecule has 10 nitrogen and oxygen atoms in total. The number of aromatic carboxylic acids is 2. The molecule has 0 unspecified atom stereocenters. The van der Waals surface area contributed by atoms with Crippen LogP contribution in [0.25, 0.3) is 11.1 Å². The van der Waals surface area contributed by atoms with Gasteiger partial charge in [-0.05, 0) is 96.1 Å². The van der Waals surface area contributed by atoms with Gasteiger partial charge in [0.2, 0.25) is 0 Å². The minimum absolute atomic E-state index is 0.0145. The van der Waals surface area contributed by atoms with Crippen molar-refractivity contribution in [1.82, 2.24) is 19.9 Å². The van der Waals surface area contributed by atoms with Crippen LogP contribution in [0.5, 0.6) is 0 Å². The van der Waals surface area contributed by atoms with E-state index < -0.39 is 35.4 Å². The van der Waals surface area contributed by atoms with Crippen LogP contribution in [0.4, 0.5) is 49.4 Å². The predicted molar refractivity (Wildman–Crippen MR) is 179 cm³/mol. The fraction of sp³-hybridized carbons (Fsp3) is 0.0556. The summed E-state index contributed by atoms with van der Waals surface area (Å²) < 4.78 is 75.5. The van der Waals surface area contributed by atoms with E-state index in [4.69, 9.17) is 10.2 Å². The van der Waals surface area contributed by atoms with Gasteiger partial charge < -0.3 is 20.8 Å². The smallest absolute Gasteiger partial charge is 0.416 e. The molecular weight excluding hydrogens is 694 g/mol. The Morgan fingerprint density at radius 3 is 1.19 bits per heavy atom. The van der Waals surface area contributed by atoms with Crippen LogP contribution in [0.1, 0.15) is 31.8 Å². The van der Waals surface area contributed by atoms with Crippen LogP contribution in [0.3, 0.4) is 0 Å². The number of nitrogens with one attached hydrogen (secondary N) is 2. The average molecular weight is 721 g/mol. The first-order valence-corrected chi connectivity index (χ1v) is 14.8. The maximum atomic E-state index is 12.6. The lowest BCUT2D eigenvalue weighted by Crippen LogP contribution is -2.07. The van der Waals surface area contributed by atoms with Crippen LogP contribution in [0.2, 0.25) is 0 Å². The zero-order chi connectivity index (χ0) is 37.7. The standard InChI is InChI=1S/2C13H9F3N2O2.C10H8N2/c2*14-13(15,16)8-3-1-4-9(7-8)18-11-10(12(19)20)5-2-6-17-11;1-5-11-6-2-9(1)10-3-7-12-8-4-10/h2*1-7H,(H,17,18)(H,19,20);1-8H. The summed E-state index contributed by atoms with van der Waals surface area (Å²) in [6.07, 6.45) is 0.927. The first-order chi connectivity index (χ1) is 24.7. The molecule has 4 heterocycles. The highest BCUT2D eigenvalue weighted by Crippen LogP contribution is 2.32. The zero-order valence-corrected chi connectivity index (χ0v) is 26.5. The highest BCUT2D eigenvalue weighted by molar-refractivity contribution is 5.94. The van der Waals surface area contributed by atoms with Crippen molar-refractivity contribution in [2.24, 2.45) is 0 Å². The van der Waals surface area contributed by atoms with Crippen LogP contribution in [-0.2, 0) is 12.4 Å². The van der Waals surface area contributed by atoms with Crippen molar-refractivity contribution in [3.05, 3.63) is 156 Å². The van der Waals surface area contributed by atoms with Gasteiger partial charge >= 0.3 is 24.3 Å². The Hall–Kier alpha value is -6.84. The summed E-state index contributed by atoms with van der Waals surface area (Å²) in [6.45, 7) is 0. The second-order valence-corrected chi connectivity index (χ2v) is 10.3. The van der Waals surface area contributed by atoms with Crippen molar-refractivity contribution in [3.63, 3.8) is 0 Å². The molecule has 52 heavy (non-hydrogen) atoms. The molecule has 4 N–H and O–H groups in total. The van der Waals surface area contributed by atoms with Gasteiger partial charge in [0.05, 0.1) is 11.1 Å². The number of carboxylic acids is 2. The largest absolute Gasteiger partial charge is 0.478 e. The zero-order valence-electron chi connectivity index (χ0n) is 26.5. The SMILES string of the molecule is O=C(O)c1cccnc1Nc1cccc(C(F)(F)F)c1.O=C(O)c1cccnc1Nc1cccc(C(F)(F)F)c1.c1cc(-c2ccncc2)ccn1. The van der Waals surface area contributed by atoms with E-state index in [1.54, 1.807) is 24.8 Å². The summed E-state index contributed by atoms with van der Waals surface area (Å²) in [5.41, 5.74) is 0.683. The molecule has 6 rings (SSSR count). The number of pyridine rings is 4. The molecule has 266 valence electrons. The third kappa shape index (κ3) is 11.1. The molecule has 0 spiro atoms. The number of halogens is 6. The van der Waals surface area contributed by atoms with E-state index in [9.17, 15) is 35.9 Å². The van der Waals surface area contributed by atoms with Crippen molar-refractivity contribution >= 4 is 34.9 Å². The topological polar surface area (TPSA) is 150 Å². The van der Waals surface area contributed by atoms with E-state index in [1.807, 2.05) is 24.3 Å². The first-order valence-electron chi connectivity index (χ1n) is 14.8. The van der Waals surface area contributed by atoms with E-state index in [0.717, 1.165) is 24.3 Å². The number of rotatable bonds is 7. The number of nitrogens with zero attached hydrogens (tertiary/aromatic N) is 4. The highest BCUT2D eigenvalue weighted by atomic mass is 19.4. The van der Waals surface area contributed by atoms with Gasteiger partial charge in [-0.2, -0.15) is 26.3 Å². The summed E-state index contributed by atoms with van der Waals surface area (Å²) in [7, 11) is 0. The fourth-order valence-corrected chi connectivity index (χ4v) is 4.26. The lowest BCUT2D eigenvalue weighted by atomic mass is 10.1. The average Bonchev–Trinajstić information content (AvgIpc) is 3.13. The van der Waals surface area contributed by atoms with Gasteiger partial charge in [-0.25, -0.2) is 19.6 Å². The van der Waals surface area contributed by atoms with Gasteiger partial charge in [-0.3, -0.25) is 9.97 Å². The third-order valence-corrected chi connectivity index (χ3v) is 6.68. The molecule has 0 atom stereocenters. The van der Waals surface area contributed by atoms with Gasteiger partial charge in [0.25, 0.3) is 0 Å². The number of hydrogen-bond acceptors (Lipinski definition) is 8. The Balaban J connectivity index is 0.000000180. The Morgan fingerprint density at radius 1 is 0.500 bits per heavy atom. The molecule has 0 amide bonds. The van der Waals surface area contributed by atoms with Crippen molar-refractivity contribution in [2.75, 3.05) is 10.6 Å². The normalized spacial score (nSPS) is 10.8. The molecule has 2 aromatic carbocycles. The van der Waals surface area contributed by atoms with Crippen LogP contribution in [0.15, 0.2) is 134 Å². The van der Waals surface area contributed by atoms with Crippen molar-refractivity contribution in [2.45, 2.75) is 12.4 Å². The molecule has 0 fully saturated rings. The number of benzene rings is 2. The van der Waals surface area contributed by atoms with Gasteiger partial charge in [-0.1, -0.05) is 12.1 Å². The maximum absolute atomic E-state index is 12.6. The molecule has 0 radical (unpaired) electrons. The molecule has 6 aromatic rings. The number of alkyl halides is 6. The second kappa shape index (κ2) is 17.2. The minimum atomic E-state index is -4.46. The van der Waals surface area contributed by atoms with E-state index in [0.29, 0.717) is 0 Å². The summed E-state index contributed by atoms with van der Waals surface area (Å²) >= 11 is 0. The maximum Gasteiger partial charge on any atom is 0.416 e. The molecule has 16 heteroatoms. The monoisotopic (exact) mass is 720 g/mol. The molecule has 0 aliphatic heterocycles. The molecule has 0 saturated heterocycles. The number of aromatic nitrogens is 4. The Labute approximate surface area is 291 Å².